The topological polar surface area (TPSA) is 80.4 Å². The van der Waals surface area contributed by atoms with Crippen molar-refractivity contribution in [1.82, 2.24) is 19.8 Å². The molecule has 1 aliphatic heterocycles. The van der Waals surface area contributed by atoms with E-state index in [9.17, 15) is 9.59 Å². The van der Waals surface area contributed by atoms with Crippen LogP contribution in [0.1, 0.15) is 54.3 Å². The highest BCUT2D eigenvalue weighted by Crippen LogP contribution is 2.34. The fourth-order valence-electron chi connectivity index (χ4n) is 3.30. The van der Waals surface area contributed by atoms with Gasteiger partial charge in [-0.15, -0.1) is 0 Å². The van der Waals surface area contributed by atoms with Gasteiger partial charge < -0.3 is 19.2 Å². The zero-order chi connectivity index (χ0) is 17.4. The van der Waals surface area contributed by atoms with Crippen molar-refractivity contribution in [3.8, 4) is 0 Å². The van der Waals surface area contributed by atoms with Crippen LogP contribution in [0, 0.1) is 5.92 Å². The number of imidazole rings is 1. The highest BCUT2D eigenvalue weighted by molar-refractivity contribution is 5.92. The monoisotopic (exact) mass is 342 g/mol. The molecule has 132 valence electrons. The lowest BCUT2D eigenvalue weighted by atomic mass is 10.1. The molecule has 0 radical (unpaired) electrons. The Balaban J connectivity index is 1.43. The van der Waals surface area contributed by atoms with Gasteiger partial charge in [-0.3, -0.25) is 9.59 Å². The number of furan rings is 1. The molecular weight excluding hydrogens is 320 g/mol. The Hall–Kier alpha value is -2.57. The Morgan fingerprint density at radius 2 is 2.20 bits per heavy atom. The van der Waals surface area contributed by atoms with E-state index >= 15 is 0 Å². The van der Waals surface area contributed by atoms with Crippen molar-refractivity contribution in [2.75, 3.05) is 6.54 Å². The molecule has 0 saturated heterocycles. The second-order valence-electron chi connectivity index (χ2n) is 6.85. The van der Waals surface area contributed by atoms with Crippen LogP contribution in [0.3, 0.4) is 0 Å². The second kappa shape index (κ2) is 6.38. The summed E-state index contributed by atoms with van der Waals surface area (Å²) in [7, 11) is 0. The maximum atomic E-state index is 12.4. The summed E-state index contributed by atoms with van der Waals surface area (Å²) in [6.07, 6.45) is 6.32. The van der Waals surface area contributed by atoms with Crippen LogP contribution in [0.5, 0.6) is 0 Å². The fraction of sp³-hybridized carbons (Fsp3) is 0.500. The molecule has 0 unspecified atom stereocenters. The summed E-state index contributed by atoms with van der Waals surface area (Å²) in [4.78, 5) is 31.1. The minimum absolute atomic E-state index is 0.105. The van der Waals surface area contributed by atoms with Gasteiger partial charge in [0, 0.05) is 25.7 Å². The molecular formula is C18H22N4O3. The number of carbonyl (C=O) groups excluding carboxylic acids is 2. The van der Waals surface area contributed by atoms with Gasteiger partial charge in [-0.2, -0.15) is 0 Å². The van der Waals surface area contributed by atoms with Crippen LogP contribution >= 0.6 is 0 Å². The van der Waals surface area contributed by atoms with Crippen LogP contribution in [0.4, 0.5) is 0 Å². The smallest absolute Gasteiger partial charge is 0.271 e. The zero-order valence-electron chi connectivity index (χ0n) is 14.3. The lowest BCUT2D eigenvalue weighted by Crippen LogP contribution is -2.41. The fourth-order valence-corrected chi connectivity index (χ4v) is 3.30. The highest BCUT2D eigenvalue weighted by atomic mass is 16.3. The van der Waals surface area contributed by atoms with E-state index in [-0.39, 0.29) is 17.9 Å². The van der Waals surface area contributed by atoms with Crippen LogP contribution < -0.4 is 5.32 Å². The molecule has 1 N–H and O–H groups in total. The molecule has 1 fully saturated rings. The summed E-state index contributed by atoms with van der Waals surface area (Å²) >= 11 is 0. The third-order valence-electron chi connectivity index (χ3n) is 4.95. The van der Waals surface area contributed by atoms with E-state index < -0.39 is 0 Å². The molecule has 0 aromatic carbocycles. The average Bonchev–Trinajstić information content (AvgIpc) is 3.11. The number of fused-ring (bicyclic) bond motifs is 1. The summed E-state index contributed by atoms with van der Waals surface area (Å²) in [5.74, 6) is 2.01. The number of nitrogens with one attached hydrogen (secondary N) is 1. The Labute approximate surface area is 146 Å². The van der Waals surface area contributed by atoms with Crippen molar-refractivity contribution >= 4 is 11.8 Å². The summed E-state index contributed by atoms with van der Waals surface area (Å²) in [5.41, 5.74) is 0.380. The molecule has 0 bridgehead atoms. The van der Waals surface area contributed by atoms with Crippen LogP contribution in [-0.4, -0.2) is 32.8 Å². The summed E-state index contributed by atoms with van der Waals surface area (Å²) in [6, 6.07) is 3.49. The minimum atomic E-state index is -0.235. The van der Waals surface area contributed by atoms with Gasteiger partial charge in [0.2, 0.25) is 5.91 Å². The van der Waals surface area contributed by atoms with Gasteiger partial charge in [0.1, 0.15) is 17.3 Å². The number of hydrogen-bond acceptors (Lipinski definition) is 4. The first-order chi connectivity index (χ1) is 12.1. The van der Waals surface area contributed by atoms with E-state index in [0.29, 0.717) is 43.4 Å². The Kier molecular flexibility index (Phi) is 4.07. The molecule has 1 saturated carbocycles. The molecule has 4 rings (SSSR count). The summed E-state index contributed by atoms with van der Waals surface area (Å²) in [5, 5.41) is 2.80. The number of hydrogen-bond donors (Lipinski definition) is 1. The van der Waals surface area contributed by atoms with E-state index in [4.69, 9.17) is 4.42 Å². The van der Waals surface area contributed by atoms with Crippen molar-refractivity contribution in [3.05, 3.63) is 41.9 Å². The van der Waals surface area contributed by atoms with E-state index in [0.717, 1.165) is 5.82 Å². The normalized spacial score (nSPS) is 19.6. The molecule has 2 aromatic heterocycles. The van der Waals surface area contributed by atoms with Crippen LogP contribution in [0.2, 0.25) is 0 Å². The third kappa shape index (κ3) is 3.31. The predicted molar refractivity (Wildman–Crippen MR) is 89.6 cm³/mol. The lowest BCUT2D eigenvalue weighted by Gasteiger charge is -2.33. The van der Waals surface area contributed by atoms with Gasteiger partial charge in [-0.05, 0) is 37.8 Å². The average molecular weight is 342 g/mol. The van der Waals surface area contributed by atoms with Gasteiger partial charge in [0.15, 0.2) is 0 Å². The molecule has 7 nitrogen and oxygen atoms in total. The van der Waals surface area contributed by atoms with Crippen molar-refractivity contribution in [1.29, 1.82) is 0 Å². The second-order valence-corrected chi connectivity index (χ2v) is 6.85. The SMILES string of the molecule is C[C@H]1c2nc(C(=O)NCc3ccco3)cn2CCN1C(=O)CC1CC1. The maximum Gasteiger partial charge on any atom is 0.271 e. The summed E-state index contributed by atoms with van der Waals surface area (Å²) < 4.78 is 7.19. The predicted octanol–water partition coefficient (Wildman–Crippen LogP) is 2.11. The van der Waals surface area contributed by atoms with Crippen LogP contribution in [0.25, 0.3) is 0 Å². The minimum Gasteiger partial charge on any atom is -0.467 e. The maximum absolute atomic E-state index is 12.4. The van der Waals surface area contributed by atoms with Crippen molar-refractivity contribution in [3.63, 3.8) is 0 Å². The van der Waals surface area contributed by atoms with Crippen molar-refractivity contribution in [2.45, 2.75) is 45.3 Å². The largest absolute Gasteiger partial charge is 0.467 e. The Morgan fingerprint density at radius 1 is 1.36 bits per heavy atom. The highest BCUT2D eigenvalue weighted by Gasteiger charge is 2.33. The van der Waals surface area contributed by atoms with E-state index in [1.165, 1.54) is 12.8 Å². The lowest BCUT2D eigenvalue weighted by molar-refractivity contribution is -0.134. The molecule has 0 spiro atoms. The molecule has 25 heavy (non-hydrogen) atoms. The van der Waals surface area contributed by atoms with Crippen molar-refractivity contribution < 1.29 is 14.0 Å². The third-order valence-corrected chi connectivity index (χ3v) is 4.95. The van der Waals surface area contributed by atoms with E-state index in [1.54, 1.807) is 18.5 Å². The quantitative estimate of drug-likeness (QED) is 0.902. The Morgan fingerprint density at radius 3 is 2.92 bits per heavy atom. The number of amides is 2. The zero-order valence-corrected chi connectivity index (χ0v) is 14.3. The number of nitrogens with zero attached hydrogens (tertiary/aromatic N) is 3. The molecule has 3 heterocycles. The van der Waals surface area contributed by atoms with Crippen molar-refractivity contribution in [2.24, 2.45) is 5.92 Å². The molecule has 2 amide bonds. The summed E-state index contributed by atoms with van der Waals surface area (Å²) in [6.45, 7) is 3.65. The number of rotatable bonds is 5. The first kappa shape index (κ1) is 15.9. The van der Waals surface area contributed by atoms with E-state index in [1.807, 2.05) is 22.5 Å². The van der Waals surface area contributed by atoms with Crippen LogP contribution in [0.15, 0.2) is 29.0 Å². The van der Waals surface area contributed by atoms with Gasteiger partial charge in [-0.25, -0.2) is 4.98 Å². The first-order valence-corrected chi connectivity index (χ1v) is 8.79. The van der Waals surface area contributed by atoms with Gasteiger partial charge in [0.05, 0.1) is 18.8 Å². The molecule has 1 atom stereocenters. The molecule has 7 heteroatoms. The van der Waals surface area contributed by atoms with E-state index in [2.05, 4.69) is 10.3 Å². The molecule has 1 aliphatic carbocycles. The van der Waals surface area contributed by atoms with Gasteiger partial charge >= 0.3 is 0 Å². The first-order valence-electron chi connectivity index (χ1n) is 8.79. The number of aromatic nitrogens is 2. The van der Waals surface area contributed by atoms with Gasteiger partial charge in [0.25, 0.3) is 5.91 Å². The Bertz CT molecular complexity index is 776. The van der Waals surface area contributed by atoms with Crippen LogP contribution in [-0.2, 0) is 17.9 Å². The van der Waals surface area contributed by atoms with Gasteiger partial charge in [-0.1, -0.05) is 0 Å². The molecule has 2 aliphatic rings. The molecule has 2 aromatic rings. The standard InChI is InChI=1S/C18H22N4O3/c1-12-17-20-15(18(24)19-10-14-3-2-8-25-14)11-21(17)6-7-22(12)16(23)9-13-4-5-13/h2-3,8,11-13H,4-7,9-10H2,1H3,(H,19,24)/t12-/m0/s1. The number of carbonyl (C=O) groups is 2.